The minimum atomic E-state index is -3.22. The van der Waals surface area contributed by atoms with Crippen molar-refractivity contribution in [1.82, 2.24) is 9.62 Å². The molecule has 3 N–H and O–H groups in total. The first-order chi connectivity index (χ1) is 7.99. The molecule has 1 unspecified atom stereocenters. The summed E-state index contributed by atoms with van der Waals surface area (Å²) >= 11 is 0. The molecule has 0 saturated carbocycles. The Bertz CT molecular complexity index is 307. The lowest BCUT2D eigenvalue weighted by molar-refractivity contribution is 0.220. The Morgan fingerprint density at radius 1 is 1.41 bits per heavy atom. The van der Waals surface area contributed by atoms with Gasteiger partial charge in [0.2, 0.25) is 10.0 Å². The maximum Gasteiger partial charge on any atom is 0.215 e. The highest BCUT2D eigenvalue weighted by atomic mass is 32.2. The van der Waals surface area contributed by atoms with Crippen molar-refractivity contribution in [2.45, 2.75) is 31.4 Å². The zero-order valence-corrected chi connectivity index (χ0v) is 11.7. The van der Waals surface area contributed by atoms with Crippen molar-refractivity contribution >= 4 is 10.0 Å². The number of hydrogen-bond donors (Lipinski definition) is 2. The number of nitrogens with zero attached hydrogens (tertiary/aromatic N) is 1. The van der Waals surface area contributed by atoms with Crippen LogP contribution in [0.1, 0.15) is 26.2 Å². The molecule has 0 amide bonds. The van der Waals surface area contributed by atoms with E-state index in [0.29, 0.717) is 18.9 Å². The van der Waals surface area contributed by atoms with Gasteiger partial charge in [-0.25, -0.2) is 13.1 Å². The molecule has 1 saturated heterocycles. The molecule has 0 aromatic heterocycles. The lowest BCUT2D eigenvalue weighted by Gasteiger charge is -2.29. The standard InChI is InChI=1S/C11H25N3O2S/c1-3-11(8-12)17(15,16)13-9-10-4-6-14(2)7-5-10/h10-11,13H,3-9,12H2,1-2H3. The quantitative estimate of drug-likeness (QED) is 0.706. The van der Waals surface area contributed by atoms with Gasteiger partial charge in [-0.1, -0.05) is 6.92 Å². The van der Waals surface area contributed by atoms with Crippen molar-refractivity contribution < 1.29 is 8.42 Å². The monoisotopic (exact) mass is 263 g/mol. The van der Waals surface area contributed by atoms with E-state index in [2.05, 4.69) is 16.7 Å². The Labute approximate surface area is 105 Å². The van der Waals surface area contributed by atoms with E-state index in [1.807, 2.05) is 6.92 Å². The van der Waals surface area contributed by atoms with Crippen molar-refractivity contribution in [3.8, 4) is 0 Å². The highest BCUT2D eigenvalue weighted by Crippen LogP contribution is 2.15. The smallest absolute Gasteiger partial charge is 0.215 e. The van der Waals surface area contributed by atoms with Crippen LogP contribution in [0.4, 0.5) is 0 Å². The topological polar surface area (TPSA) is 75.4 Å². The number of nitrogens with two attached hydrogens (primary N) is 1. The third-order valence-electron chi connectivity index (χ3n) is 3.57. The fourth-order valence-electron chi connectivity index (χ4n) is 2.13. The van der Waals surface area contributed by atoms with Crippen molar-refractivity contribution in [2.24, 2.45) is 11.7 Å². The lowest BCUT2D eigenvalue weighted by Crippen LogP contribution is -2.42. The van der Waals surface area contributed by atoms with E-state index in [-0.39, 0.29) is 6.54 Å². The molecule has 1 heterocycles. The zero-order chi connectivity index (χ0) is 12.9. The second kappa shape index (κ2) is 6.68. The van der Waals surface area contributed by atoms with Gasteiger partial charge in [0.25, 0.3) is 0 Å². The molecule has 0 radical (unpaired) electrons. The summed E-state index contributed by atoms with van der Waals surface area (Å²) in [6.07, 6.45) is 2.70. The summed E-state index contributed by atoms with van der Waals surface area (Å²) in [6, 6.07) is 0. The molecule has 1 fully saturated rings. The average molecular weight is 263 g/mol. The van der Waals surface area contributed by atoms with Crippen LogP contribution < -0.4 is 10.5 Å². The zero-order valence-electron chi connectivity index (χ0n) is 10.9. The first-order valence-electron chi connectivity index (χ1n) is 6.36. The number of nitrogens with one attached hydrogen (secondary N) is 1. The highest BCUT2D eigenvalue weighted by Gasteiger charge is 2.24. The van der Waals surface area contributed by atoms with Gasteiger partial charge in [0.1, 0.15) is 0 Å². The van der Waals surface area contributed by atoms with Crippen LogP contribution in [0.3, 0.4) is 0 Å². The van der Waals surface area contributed by atoms with Gasteiger partial charge in [-0.3, -0.25) is 0 Å². The molecule has 17 heavy (non-hydrogen) atoms. The number of piperidine rings is 1. The molecule has 1 aliphatic heterocycles. The second-order valence-corrected chi connectivity index (χ2v) is 6.95. The predicted molar refractivity (Wildman–Crippen MR) is 70.3 cm³/mol. The first kappa shape index (κ1) is 14.9. The van der Waals surface area contributed by atoms with Crippen molar-refractivity contribution in [3.05, 3.63) is 0 Å². The number of likely N-dealkylation sites (tertiary alicyclic amines) is 1. The number of rotatable bonds is 6. The van der Waals surface area contributed by atoms with E-state index in [1.165, 1.54) is 0 Å². The molecule has 0 aliphatic carbocycles. The molecule has 1 atom stereocenters. The molecule has 0 aromatic rings. The predicted octanol–water partition coefficient (Wildman–Crippen LogP) is -0.0151. The summed E-state index contributed by atoms with van der Waals surface area (Å²) in [5.41, 5.74) is 5.47. The van der Waals surface area contributed by atoms with Crippen LogP contribution in [-0.2, 0) is 10.0 Å². The average Bonchev–Trinajstić information content (AvgIpc) is 2.29. The van der Waals surface area contributed by atoms with E-state index in [1.54, 1.807) is 0 Å². The summed E-state index contributed by atoms with van der Waals surface area (Å²) in [5.74, 6) is 0.469. The number of sulfonamides is 1. The summed E-state index contributed by atoms with van der Waals surface area (Å²) < 4.78 is 26.5. The fraction of sp³-hybridized carbons (Fsp3) is 1.00. The Balaban J connectivity index is 2.39. The maximum atomic E-state index is 11.9. The minimum absolute atomic E-state index is 0.194. The Morgan fingerprint density at radius 3 is 2.47 bits per heavy atom. The summed E-state index contributed by atoms with van der Waals surface area (Å²) in [5, 5.41) is -0.450. The van der Waals surface area contributed by atoms with Gasteiger partial charge in [-0.2, -0.15) is 0 Å². The van der Waals surface area contributed by atoms with Crippen LogP contribution >= 0.6 is 0 Å². The molecule has 102 valence electrons. The largest absolute Gasteiger partial charge is 0.329 e. The SMILES string of the molecule is CCC(CN)S(=O)(=O)NCC1CCN(C)CC1. The minimum Gasteiger partial charge on any atom is -0.329 e. The van der Waals surface area contributed by atoms with Crippen molar-refractivity contribution in [3.63, 3.8) is 0 Å². The normalized spacial score (nSPS) is 21.6. The van der Waals surface area contributed by atoms with Gasteiger partial charge < -0.3 is 10.6 Å². The lowest BCUT2D eigenvalue weighted by atomic mass is 9.98. The van der Waals surface area contributed by atoms with Gasteiger partial charge in [0.05, 0.1) is 5.25 Å². The second-order valence-electron chi connectivity index (χ2n) is 4.91. The number of hydrogen-bond acceptors (Lipinski definition) is 4. The van der Waals surface area contributed by atoms with E-state index in [4.69, 9.17) is 5.73 Å². The van der Waals surface area contributed by atoms with Gasteiger partial charge in [0.15, 0.2) is 0 Å². The van der Waals surface area contributed by atoms with E-state index < -0.39 is 15.3 Å². The van der Waals surface area contributed by atoms with E-state index in [0.717, 1.165) is 25.9 Å². The molecule has 0 bridgehead atoms. The van der Waals surface area contributed by atoms with Crippen LogP contribution in [0.15, 0.2) is 0 Å². The molecular weight excluding hydrogens is 238 g/mol. The van der Waals surface area contributed by atoms with E-state index in [9.17, 15) is 8.42 Å². The summed E-state index contributed by atoms with van der Waals surface area (Å²) in [7, 11) is -1.12. The Morgan fingerprint density at radius 2 is 2.00 bits per heavy atom. The fourth-order valence-corrected chi connectivity index (χ4v) is 3.53. The van der Waals surface area contributed by atoms with E-state index >= 15 is 0 Å². The van der Waals surface area contributed by atoms with Crippen LogP contribution in [0, 0.1) is 5.92 Å². The van der Waals surface area contributed by atoms with Gasteiger partial charge in [0, 0.05) is 13.1 Å². The Kier molecular flexibility index (Phi) is 5.85. The third-order valence-corrected chi connectivity index (χ3v) is 5.54. The van der Waals surface area contributed by atoms with Gasteiger partial charge in [-0.15, -0.1) is 0 Å². The van der Waals surface area contributed by atoms with Crippen LogP contribution in [0.25, 0.3) is 0 Å². The van der Waals surface area contributed by atoms with Crippen LogP contribution in [0.2, 0.25) is 0 Å². The van der Waals surface area contributed by atoms with Crippen molar-refractivity contribution in [1.29, 1.82) is 0 Å². The summed E-state index contributed by atoms with van der Waals surface area (Å²) in [6.45, 7) is 4.72. The van der Waals surface area contributed by atoms with Crippen molar-refractivity contribution in [2.75, 3.05) is 33.2 Å². The summed E-state index contributed by atoms with van der Waals surface area (Å²) in [4.78, 5) is 2.28. The molecule has 6 heteroatoms. The molecule has 1 rings (SSSR count). The van der Waals surface area contributed by atoms with Crippen LogP contribution in [-0.4, -0.2) is 51.8 Å². The van der Waals surface area contributed by atoms with Crippen LogP contribution in [0.5, 0.6) is 0 Å². The van der Waals surface area contributed by atoms with Gasteiger partial charge >= 0.3 is 0 Å². The van der Waals surface area contributed by atoms with Gasteiger partial charge in [-0.05, 0) is 45.3 Å². The first-order valence-corrected chi connectivity index (χ1v) is 7.91. The molecule has 0 aromatic carbocycles. The molecule has 5 nitrogen and oxygen atoms in total. The molecule has 0 spiro atoms. The maximum absolute atomic E-state index is 11.9. The third kappa shape index (κ3) is 4.54. The Hall–Kier alpha value is -0.170. The highest BCUT2D eigenvalue weighted by molar-refractivity contribution is 7.90. The molecule has 1 aliphatic rings. The molecular formula is C11H25N3O2S.